The lowest BCUT2D eigenvalue weighted by Gasteiger charge is -2.26. The van der Waals surface area contributed by atoms with E-state index in [2.05, 4.69) is 10.8 Å². The van der Waals surface area contributed by atoms with Gasteiger partial charge in [0.15, 0.2) is 0 Å². The van der Waals surface area contributed by atoms with Crippen molar-refractivity contribution in [3.63, 3.8) is 0 Å². The number of carbonyl (C=O) groups excluding carboxylic acids is 1. The minimum atomic E-state index is -1.14. The molecule has 6 heteroatoms. The van der Waals surface area contributed by atoms with Crippen LogP contribution in [0.15, 0.2) is 48.5 Å². The SMILES string of the molecule is CC(N[S@@+]([O-])C(C)(C)C)c1ccc2c(c1)CCN2C(=O)OCc1ccccc1. The van der Waals surface area contributed by atoms with Crippen molar-refractivity contribution in [3.8, 4) is 0 Å². The molecule has 1 N–H and O–H groups in total. The summed E-state index contributed by atoms with van der Waals surface area (Å²) < 4.78 is 20.7. The molecule has 0 saturated heterocycles. The molecule has 0 fully saturated rings. The van der Waals surface area contributed by atoms with E-state index in [1.54, 1.807) is 4.90 Å². The zero-order chi connectivity index (χ0) is 20.3. The number of ether oxygens (including phenoxy) is 1. The summed E-state index contributed by atoms with van der Waals surface area (Å²) in [6, 6.07) is 15.7. The summed E-state index contributed by atoms with van der Waals surface area (Å²) in [4.78, 5) is 14.2. The fourth-order valence-electron chi connectivity index (χ4n) is 3.08. The highest BCUT2D eigenvalue weighted by atomic mass is 32.2. The van der Waals surface area contributed by atoms with Crippen molar-refractivity contribution in [2.24, 2.45) is 0 Å². The summed E-state index contributed by atoms with van der Waals surface area (Å²) >= 11 is -1.14. The van der Waals surface area contributed by atoms with E-state index < -0.39 is 11.4 Å². The van der Waals surface area contributed by atoms with E-state index in [1.165, 1.54) is 0 Å². The first-order chi connectivity index (χ1) is 13.3. The highest BCUT2D eigenvalue weighted by Crippen LogP contribution is 2.31. The number of rotatable bonds is 5. The molecule has 0 radical (unpaired) electrons. The highest BCUT2D eigenvalue weighted by molar-refractivity contribution is 7.90. The Bertz CT molecular complexity index is 820. The smallest absolute Gasteiger partial charge is 0.414 e. The number of carbonyl (C=O) groups is 1. The lowest BCUT2D eigenvalue weighted by Crippen LogP contribution is -2.40. The van der Waals surface area contributed by atoms with E-state index in [0.717, 1.165) is 28.8 Å². The number of hydrogen-bond donors (Lipinski definition) is 1. The molecule has 0 aromatic heterocycles. The van der Waals surface area contributed by atoms with Crippen LogP contribution in [0.4, 0.5) is 10.5 Å². The van der Waals surface area contributed by atoms with Crippen LogP contribution in [0.3, 0.4) is 0 Å². The average Bonchev–Trinajstić information content (AvgIpc) is 3.09. The summed E-state index contributed by atoms with van der Waals surface area (Å²) in [7, 11) is 0. The van der Waals surface area contributed by atoms with E-state index in [9.17, 15) is 9.35 Å². The molecular formula is C22H28N2O3S. The number of benzene rings is 2. The lowest BCUT2D eigenvalue weighted by atomic mass is 10.0. The first kappa shape index (κ1) is 20.7. The third kappa shape index (κ3) is 4.87. The molecule has 1 aliphatic heterocycles. The van der Waals surface area contributed by atoms with Crippen molar-refractivity contribution >= 4 is 23.1 Å². The van der Waals surface area contributed by atoms with Crippen LogP contribution in [0.1, 0.15) is 50.4 Å². The Morgan fingerprint density at radius 1 is 1.25 bits per heavy atom. The van der Waals surface area contributed by atoms with Crippen LogP contribution in [0.2, 0.25) is 0 Å². The number of nitrogens with zero attached hydrogens (tertiary/aromatic N) is 1. The predicted molar refractivity (Wildman–Crippen MR) is 114 cm³/mol. The standard InChI is InChI=1S/C22H28N2O3S/c1-16(23-28(26)22(2,3)4)18-10-11-20-19(14-18)12-13-24(20)21(25)27-15-17-8-6-5-7-9-17/h5-11,14,16,23H,12-13,15H2,1-4H3/t16?,28-/m0/s1. The zero-order valence-corrected chi connectivity index (χ0v) is 17.7. The van der Waals surface area contributed by atoms with Crippen LogP contribution in [-0.4, -0.2) is 21.9 Å². The zero-order valence-electron chi connectivity index (χ0n) is 16.9. The van der Waals surface area contributed by atoms with E-state index in [0.29, 0.717) is 6.54 Å². The van der Waals surface area contributed by atoms with Crippen molar-refractivity contribution in [1.82, 2.24) is 4.72 Å². The normalized spacial score (nSPS) is 15.8. The first-order valence-electron chi connectivity index (χ1n) is 9.55. The molecule has 2 aromatic carbocycles. The molecule has 0 aliphatic carbocycles. The van der Waals surface area contributed by atoms with Crippen molar-refractivity contribution in [2.45, 2.75) is 51.5 Å². The van der Waals surface area contributed by atoms with Gasteiger partial charge < -0.3 is 9.29 Å². The molecule has 150 valence electrons. The van der Waals surface area contributed by atoms with Crippen LogP contribution in [0, 0.1) is 0 Å². The number of amides is 1. The minimum Gasteiger partial charge on any atom is -0.598 e. The van der Waals surface area contributed by atoms with E-state index in [4.69, 9.17) is 4.74 Å². The summed E-state index contributed by atoms with van der Waals surface area (Å²) in [5.41, 5.74) is 4.04. The minimum absolute atomic E-state index is 0.0376. The molecular weight excluding hydrogens is 372 g/mol. The second-order valence-electron chi connectivity index (χ2n) is 8.05. The summed E-state index contributed by atoms with van der Waals surface area (Å²) in [5.74, 6) is 0. The Balaban J connectivity index is 1.64. The quantitative estimate of drug-likeness (QED) is 0.751. The van der Waals surface area contributed by atoms with Gasteiger partial charge in [0.25, 0.3) is 0 Å². The van der Waals surface area contributed by atoms with Crippen LogP contribution >= 0.6 is 0 Å². The maximum absolute atomic E-state index is 12.5. The molecule has 0 spiro atoms. The maximum atomic E-state index is 12.5. The van der Waals surface area contributed by atoms with Crippen molar-refractivity contribution in [3.05, 3.63) is 65.2 Å². The number of nitrogens with one attached hydrogen (secondary N) is 1. The fraction of sp³-hybridized carbons (Fsp3) is 0.409. The number of hydrogen-bond acceptors (Lipinski definition) is 4. The monoisotopic (exact) mass is 400 g/mol. The molecule has 5 nitrogen and oxygen atoms in total. The van der Waals surface area contributed by atoms with E-state index in [1.807, 2.05) is 70.2 Å². The van der Waals surface area contributed by atoms with Gasteiger partial charge in [-0.1, -0.05) is 42.5 Å². The van der Waals surface area contributed by atoms with Crippen LogP contribution in [-0.2, 0) is 29.1 Å². The molecule has 2 aromatic rings. The van der Waals surface area contributed by atoms with Gasteiger partial charge in [0.1, 0.15) is 11.4 Å². The molecule has 1 amide bonds. The van der Waals surface area contributed by atoms with Crippen molar-refractivity contribution < 1.29 is 14.1 Å². The van der Waals surface area contributed by atoms with Gasteiger partial charge in [0.05, 0.1) is 11.7 Å². The molecule has 1 aliphatic rings. The predicted octanol–water partition coefficient (Wildman–Crippen LogP) is 4.50. The molecule has 0 saturated carbocycles. The van der Waals surface area contributed by atoms with E-state index >= 15 is 0 Å². The van der Waals surface area contributed by atoms with Gasteiger partial charge in [-0.25, -0.2) is 4.79 Å². The Hall–Kier alpha value is -2.02. The maximum Gasteiger partial charge on any atom is 0.414 e. The van der Waals surface area contributed by atoms with Gasteiger partial charge in [-0.3, -0.25) is 4.90 Å². The number of anilines is 1. The Labute approximate surface area is 170 Å². The molecule has 1 unspecified atom stereocenters. The average molecular weight is 401 g/mol. The van der Waals surface area contributed by atoms with Gasteiger partial charge >= 0.3 is 6.09 Å². The highest BCUT2D eigenvalue weighted by Gasteiger charge is 2.30. The molecule has 0 bridgehead atoms. The second-order valence-corrected chi connectivity index (χ2v) is 10.0. The van der Waals surface area contributed by atoms with Gasteiger partial charge in [0, 0.05) is 17.9 Å². The third-order valence-corrected chi connectivity index (χ3v) is 6.44. The molecule has 1 heterocycles. The van der Waals surface area contributed by atoms with Crippen LogP contribution in [0.25, 0.3) is 0 Å². The largest absolute Gasteiger partial charge is 0.598 e. The van der Waals surface area contributed by atoms with Gasteiger partial charge in [-0.05, 0) is 56.9 Å². The third-order valence-electron chi connectivity index (χ3n) is 4.76. The number of fused-ring (bicyclic) bond motifs is 1. The summed E-state index contributed by atoms with van der Waals surface area (Å²) in [6.07, 6.45) is 0.467. The molecule has 28 heavy (non-hydrogen) atoms. The van der Waals surface area contributed by atoms with Crippen molar-refractivity contribution in [2.75, 3.05) is 11.4 Å². The van der Waals surface area contributed by atoms with Crippen LogP contribution in [0.5, 0.6) is 0 Å². The topological polar surface area (TPSA) is 64.6 Å². The fourth-order valence-corrected chi connectivity index (χ4v) is 3.89. The van der Waals surface area contributed by atoms with Gasteiger partial charge in [0.2, 0.25) is 0 Å². The Morgan fingerprint density at radius 3 is 2.64 bits per heavy atom. The summed E-state index contributed by atoms with van der Waals surface area (Å²) in [6.45, 7) is 8.73. The first-order valence-corrected chi connectivity index (χ1v) is 10.7. The second kappa shape index (κ2) is 8.55. The molecule has 2 atom stereocenters. The Kier molecular flexibility index (Phi) is 6.33. The van der Waals surface area contributed by atoms with Gasteiger partial charge in [-0.2, -0.15) is 0 Å². The van der Waals surface area contributed by atoms with Gasteiger partial charge in [-0.15, -0.1) is 4.72 Å². The van der Waals surface area contributed by atoms with Crippen molar-refractivity contribution in [1.29, 1.82) is 0 Å². The van der Waals surface area contributed by atoms with E-state index in [-0.39, 0.29) is 23.5 Å². The molecule has 3 rings (SSSR count). The Morgan fingerprint density at radius 2 is 1.96 bits per heavy atom. The lowest BCUT2D eigenvalue weighted by molar-refractivity contribution is 0.147. The summed E-state index contributed by atoms with van der Waals surface area (Å²) in [5, 5.41) is 0. The van der Waals surface area contributed by atoms with Crippen LogP contribution < -0.4 is 9.62 Å².